The van der Waals surface area contributed by atoms with Crippen LogP contribution >= 0.6 is 0 Å². The second-order valence-electron chi connectivity index (χ2n) is 15.9. The lowest BCUT2D eigenvalue weighted by Crippen LogP contribution is -1.94. The molecule has 2 nitrogen and oxygen atoms in total. The van der Waals surface area contributed by atoms with Gasteiger partial charge in [0.1, 0.15) is 11.5 Å². The van der Waals surface area contributed by atoms with Crippen molar-refractivity contribution < 1.29 is 9.47 Å². The van der Waals surface area contributed by atoms with Gasteiger partial charge >= 0.3 is 0 Å². The molecule has 60 heavy (non-hydrogen) atoms. The first-order valence-corrected chi connectivity index (χ1v) is 21.2. The Morgan fingerprint density at radius 1 is 0.333 bits per heavy atom. The molecular formula is C58H44O2. The molecule has 288 valence electrons. The molecule has 1 aliphatic rings. The molecule has 0 amide bonds. The predicted molar refractivity (Wildman–Crippen MR) is 254 cm³/mol. The number of rotatable bonds is 8. The van der Waals surface area contributed by atoms with E-state index in [0.29, 0.717) is 13.2 Å². The number of benzene rings is 10. The summed E-state index contributed by atoms with van der Waals surface area (Å²) >= 11 is 0. The van der Waals surface area contributed by atoms with E-state index in [4.69, 9.17) is 9.47 Å². The van der Waals surface area contributed by atoms with E-state index in [1.54, 1.807) is 0 Å². The lowest BCUT2D eigenvalue weighted by Gasteiger charge is -2.19. The Hall–Kier alpha value is -7.16. The van der Waals surface area contributed by atoms with Gasteiger partial charge in [0.25, 0.3) is 0 Å². The lowest BCUT2D eigenvalue weighted by atomic mass is 9.84. The molecule has 0 aliphatic heterocycles. The number of fused-ring (bicyclic) bond motifs is 7. The zero-order valence-electron chi connectivity index (χ0n) is 34.1. The van der Waals surface area contributed by atoms with E-state index in [9.17, 15) is 0 Å². The van der Waals surface area contributed by atoms with Crippen molar-refractivity contribution in [2.75, 3.05) is 13.2 Å². The van der Waals surface area contributed by atoms with Gasteiger partial charge in [-0.1, -0.05) is 153 Å². The fourth-order valence-corrected chi connectivity index (χ4v) is 10.1. The molecule has 0 saturated carbocycles. The molecule has 0 heterocycles. The van der Waals surface area contributed by atoms with E-state index in [0.717, 1.165) is 11.5 Å². The van der Waals surface area contributed by atoms with Crippen molar-refractivity contribution in [3.63, 3.8) is 0 Å². The predicted octanol–water partition coefficient (Wildman–Crippen LogP) is 15.9. The SMILES string of the molecule is CCOc1ccc(-c2c3ccccc3c(-c3ccc4c(c3)C(C)c3cc(-c5c6ccccc6c(-c6ccc(OCC)cc6)c6ccccc56)ccc3-4)c3ccccc23)cc1. The van der Waals surface area contributed by atoms with Crippen LogP contribution in [0.5, 0.6) is 11.5 Å². The summed E-state index contributed by atoms with van der Waals surface area (Å²) in [6, 6.07) is 67.2. The summed E-state index contributed by atoms with van der Waals surface area (Å²) in [6.07, 6.45) is 0. The van der Waals surface area contributed by atoms with E-state index in [2.05, 4.69) is 189 Å². The highest BCUT2D eigenvalue weighted by atomic mass is 16.5. The molecule has 2 heteroatoms. The first kappa shape index (κ1) is 36.0. The van der Waals surface area contributed by atoms with Gasteiger partial charge < -0.3 is 9.47 Å². The highest BCUT2D eigenvalue weighted by Crippen LogP contribution is 2.51. The summed E-state index contributed by atoms with van der Waals surface area (Å²) in [4.78, 5) is 0. The van der Waals surface area contributed by atoms with Gasteiger partial charge in [0.2, 0.25) is 0 Å². The van der Waals surface area contributed by atoms with E-state index in [-0.39, 0.29) is 5.92 Å². The average molecular weight is 773 g/mol. The Kier molecular flexibility index (Phi) is 8.74. The Balaban J connectivity index is 1.04. The maximum absolute atomic E-state index is 5.81. The van der Waals surface area contributed by atoms with E-state index >= 15 is 0 Å². The second-order valence-corrected chi connectivity index (χ2v) is 15.9. The van der Waals surface area contributed by atoms with Crippen LogP contribution in [0.2, 0.25) is 0 Å². The summed E-state index contributed by atoms with van der Waals surface area (Å²) in [7, 11) is 0. The summed E-state index contributed by atoms with van der Waals surface area (Å²) in [5, 5.41) is 10.1. The molecule has 0 radical (unpaired) electrons. The van der Waals surface area contributed by atoms with Gasteiger partial charge in [-0.05, 0) is 160 Å². The molecule has 0 atom stereocenters. The average Bonchev–Trinajstić information content (AvgIpc) is 3.57. The minimum absolute atomic E-state index is 0.233. The van der Waals surface area contributed by atoms with Gasteiger partial charge in [0, 0.05) is 5.92 Å². The highest BCUT2D eigenvalue weighted by Gasteiger charge is 2.28. The molecule has 0 saturated heterocycles. The highest BCUT2D eigenvalue weighted by molar-refractivity contribution is 6.23. The first-order chi connectivity index (χ1) is 29.6. The largest absolute Gasteiger partial charge is 0.494 e. The fourth-order valence-electron chi connectivity index (χ4n) is 10.1. The summed E-state index contributed by atoms with van der Waals surface area (Å²) in [5.41, 5.74) is 15.4. The van der Waals surface area contributed by atoms with Crippen LogP contribution in [0.1, 0.15) is 37.8 Å². The van der Waals surface area contributed by atoms with Crippen LogP contribution in [0.15, 0.2) is 182 Å². The normalized spacial score (nSPS) is 12.3. The van der Waals surface area contributed by atoms with Crippen molar-refractivity contribution in [2.45, 2.75) is 26.7 Å². The van der Waals surface area contributed by atoms with Crippen LogP contribution in [0.3, 0.4) is 0 Å². The van der Waals surface area contributed by atoms with Crippen LogP contribution in [-0.4, -0.2) is 13.2 Å². The van der Waals surface area contributed by atoms with Gasteiger partial charge in [-0.2, -0.15) is 0 Å². The monoisotopic (exact) mass is 772 g/mol. The molecule has 0 bridgehead atoms. The minimum atomic E-state index is 0.233. The van der Waals surface area contributed by atoms with Crippen LogP contribution < -0.4 is 9.47 Å². The van der Waals surface area contributed by atoms with E-state index in [1.165, 1.54) is 110 Å². The van der Waals surface area contributed by atoms with Crippen molar-refractivity contribution in [3.8, 4) is 67.1 Å². The molecule has 0 fully saturated rings. The van der Waals surface area contributed by atoms with Crippen LogP contribution in [-0.2, 0) is 0 Å². The topological polar surface area (TPSA) is 18.5 Å². The van der Waals surface area contributed by atoms with E-state index in [1.807, 2.05) is 13.8 Å². The Morgan fingerprint density at radius 3 is 0.883 bits per heavy atom. The molecular weight excluding hydrogens is 729 g/mol. The summed E-state index contributed by atoms with van der Waals surface area (Å²) < 4.78 is 11.6. The maximum atomic E-state index is 5.81. The smallest absolute Gasteiger partial charge is 0.119 e. The number of ether oxygens (including phenoxy) is 2. The van der Waals surface area contributed by atoms with E-state index < -0.39 is 0 Å². The fraction of sp³-hybridized carbons (Fsp3) is 0.103. The molecule has 11 rings (SSSR count). The maximum Gasteiger partial charge on any atom is 0.119 e. The van der Waals surface area contributed by atoms with Gasteiger partial charge in [0.05, 0.1) is 13.2 Å². The second kappa shape index (κ2) is 14.6. The van der Waals surface area contributed by atoms with Gasteiger partial charge in [-0.15, -0.1) is 0 Å². The van der Waals surface area contributed by atoms with Crippen molar-refractivity contribution in [2.24, 2.45) is 0 Å². The molecule has 10 aromatic rings. The number of hydrogen-bond donors (Lipinski definition) is 0. The van der Waals surface area contributed by atoms with Crippen molar-refractivity contribution in [1.82, 2.24) is 0 Å². The van der Waals surface area contributed by atoms with Crippen LogP contribution in [0.25, 0.3) is 98.7 Å². The lowest BCUT2D eigenvalue weighted by molar-refractivity contribution is 0.340. The van der Waals surface area contributed by atoms with Gasteiger partial charge in [-0.3, -0.25) is 0 Å². The standard InChI is InChI=1S/C58H44O2/c1-4-59-41-28-22-37(23-29-41)55-45-14-6-10-18-49(45)57(50-19-11-7-15-46(50)55)39-26-32-43-44-33-27-40(35-54(44)36(3)53(43)34-39)58-51-20-12-8-16-47(51)56(48-17-9-13-21-52(48)58)38-24-30-42(31-25-38)60-5-2/h6-36H,4-5H2,1-3H3. The third-order valence-electron chi connectivity index (χ3n) is 12.7. The van der Waals surface area contributed by atoms with Crippen molar-refractivity contribution in [3.05, 3.63) is 193 Å². The Labute approximate surface area is 351 Å². The van der Waals surface area contributed by atoms with Gasteiger partial charge in [-0.25, -0.2) is 0 Å². The molecule has 0 spiro atoms. The third kappa shape index (κ3) is 5.70. The minimum Gasteiger partial charge on any atom is -0.494 e. The van der Waals surface area contributed by atoms with Crippen molar-refractivity contribution >= 4 is 43.1 Å². The summed E-state index contributed by atoms with van der Waals surface area (Å²) in [6.45, 7) is 7.74. The van der Waals surface area contributed by atoms with Crippen molar-refractivity contribution in [1.29, 1.82) is 0 Å². The van der Waals surface area contributed by atoms with Crippen LogP contribution in [0.4, 0.5) is 0 Å². The zero-order chi connectivity index (χ0) is 40.3. The zero-order valence-corrected chi connectivity index (χ0v) is 34.1. The molecule has 0 aromatic heterocycles. The Morgan fingerprint density at radius 2 is 0.600 bits per heavy atom. The molecule has 0 unspecified atom stereocenters. The third-order valence-corrected chi connectivity index (χ3v) is 12.7. The molecule has 0 N–H and O–H groups in total. The summed E-state index contributed by atoms with van der Waals surface area (Å²) in [5.74, 6) is 2.02. The first-order valence-electron chi connectivity index (χ1n) is 21.2. The Bertz CT molecular complexity index is 2950. The van der Waals surface area contributed by atoms with Crippen LogP contribution in [0, 0.1) is 0 Å². The molecule has 10 aromatic carbocycles. The molecule has 1 aliphatic carbocycles. The quantitative estimate of drug-likeness (QED) is 0.143. The number of hydrogen-bond acceptors (Lipinski definition) is 2. The van der Waals surface area contributed by atoms with Gasteiger partial charge in [0.15, 0.2) is 0 Å².